The van der Waals surface area contributed by atoms with E-state index in [1.807, 2.05) is 0 Å². The van der Waals surface area contributed by atoms with Crippen molar-refractivity contribution in [2.75, 3.05) is 20.3 Å². The third-order valence-corrected chi connectivity index (χ3v) is 4.04. The van der Waals surface area contributed by atoms with E-state index in [-0.39, 0.29) is 17.5 Å². The van der Waals surface area contributed by atoms with E-state index in [2.05, 4.69) is 10.0 Å². The van der Waals surface area contributed by atoms with Gasteiger partial charge in [0, 0.05) is 18.2 Å². The van der Waals surface area contributed by atoms with Gasteiger partial charge in [0.05, 0.1) is 18.0 Å². The number of hydrogen-bond donors (Lipinski definition) is 2. The maximum atomic E-state index is 11.9. The Morgan fingerprint density at radius 2 is 1.95 bits per heavy atom. The molecule has 1 rings (SSSR count). The minimum atomic E-state index is -3.72. The van der Waals surface area contributed by atoms with Crippen LogP contribution in [0.4, 0.5) is 0 Å². The molecule has 0 aliphatic heterocycles. The van der Waals surface area contributed by atoms with Gasteiger partial charge in [0.2, 0.25) is 15.9 Å². The summed E-state index contributed by atoms with van der Waals surface area (Å²) in [6.45, 7) is 1.78. The molecule has 1 atom stereocenters. The normalized spacial score (nSPS) is 12.9. The third kappa shape index (κ3) is 5.46. The highest BCUT2D eigenvalue weighted by molar-refractivity contribution is 7.89. The van der Waals surface area contributed by atoms with Crippen LogP contribution >= 0.6 is 11.6 Å². The molecule has 0 saturated heterocycles. The van der Waals surface area contributed by atoms with E-state index >= 15 is 0 Å². The second-order valence-electron chi connectivity index (χ2n) is 4.20. The summed E-state index contributed by atoms with van der Waals surface area (Å²) >= 11 is 5.69. The monoisotopic (exact) mass is 320 g/mol. The number of ether oxygens (including phenoxy) is 1. The fourth-order valence-corrected chi connectivity index (χ4v) is 2.58. The van der Waals surface area contributed by atoms with E-state index in [0.717, 1.165) is 0 Å². The van der Waals surface area contributed by atoms with Gasteiger partial charge in [-0.25, -0.2) is 13.1 Å². The first kappa shape index (κ1) is 16.9. The Balaban J connectivity index is 2.55. The average molecular weight is 321 g/mol. The summed E-state index contributed by atoms with van der Waals surface area (Å²) in [6, 6.07) is 5.49. The zero-order valence-corrected chi connectivity index (χ0v) is 12.8. The fraction of sp³-hybridized carbons (Fsp3) is 0.417. The number of nitrogens with one attached hydrogen (secondary N) is 2. The minimum absolute atomic E-state index is 0.0552. The van der Waals surface area contributed by atoms with E-state index in [1.54, 1.807) is 6.92 Å². The van der Waals surface area contributed by atoms with E-state index in [9.17, 15) is 13.2 Å². The molecule has 0 heterocycles. The molecular formula is C12H17ClN2O4S. The molecule has 1 unspecified atom stereocenters. The van der Waals surface area contributed by atoms with Crippen LogP contribution < -0.4 is 10.0 Å². The average Bonchev–Trinajstić information content (AvgIpc) is 2.37. The molecule has 112 valence electrons. The topological polar surface area (TPSA) is 84.5 Å². The van der Waals surface area contributed by atoms with Crippen LogP contribution in [0, 0.1) is 0 Å². The SMILES string of the molecule is COCC(C)NC(=O)CNS(=O)(=O)c1ccc(Cl)cc1. The molecule has 8 heteroatoms. The summed E-state index contributed by atoms with van der Waals surface area (Å²) < 4.78 is 30.9. The quantitative estimate of drug-likeness (QED) is 0.777. The van der Waals surface area contributed by atoms with Crippen molar-refractivity contribution in [1.82, 2.24) is 10.0 Å². The highest BCUT2D eigenvalue weighted by Gasteiger charge is 2.16. The molecule has 1 aromatic carbocycles. The summed E-state index contributed by atoms with van der Waals surface area (Å²) in [7, 11) is -2.20. The van der Waals surface area contributed by atoms with Gasteiger partial charge < -0.3 is 10.1 Å². The van der Waals surface area contributed by atoms with Crippen LogP contribution in [-0.2, 0) is 19.6 Å². The molecule has 0 fully saturated rings. The molecule has 1 amide bonds. The van der Waals surface area contributed by atoms with Crippen molar-refractivity contribution < 1.29 is 17.9 Å². The molecule has 6 nitrogen and oxygen atoms in total. The number of rotatable bonds is 7. The highest BCUT2D eigenvalue weighted by atomic mass is 35.5. The Labute approximate surface area is 123 Å². The second-order valence-corrected chi connectivity index (χ2v) is 6.41. The molecular weight excluding hydrogens is 304 g/mol. The van der Waals surface area contributed by atoms with E-state index in [0.29, 0.717) is 11.6 Å². The van der Waals surface area contributed by atoms with Crippen molar-refractivity contribution in [2.45, 2.75) is 17.9 Å². The largest absolute Gasteiger partial charge is 0.383 e. The standard InChI is InChI=1S/C12H17ClN2O4S/c1-9(8-19-2)15-12(16)7-14-20(17,18)11-5-3-10(13)4-6-11/h3-6,9,14H,7-8H2,1-2H3,(H,15,16). The van der Waals surface area contributed by atoms with Crippen LogP contribution in [0.15, 0.2) is 29.2 Å². The van der Waals surface area contributed by atoms with Crippen molar-refractivity contribution in [2.24, 2.45) is 0 Å². The Morgan fingerprint density at radius 3 is 2.50 bits per heavy atom. The van der Waals surface area contributed by atoms with Crippen molar-refractivity contribution in [1.29, 1.82) is 0 Å². The Morgan fingerprint density at radius 1 is 1.35 bits per heavy atom. The van der Waals surface area contributed by atoms with Gasteiger partial charge in [-0.05, 0) is 31.2 Å². The number of carbonyl (C=O) groups is 1. The molecule has 20 heavy (non-hydrogen) atoms. The maximum absolute atomic E-state index is 11.9. The first-order valence-electron chi connectivity index (χ1n) is 5.88. The minimum Gasteiger partial charge on any atom is -0.383 e. The van der Waals surface area contributed by atoms with Gasteiger partial charge in [0.25, 0.3) is 0 Å². The molecule has 0 aliphatic carbocycles. The van der Waals surface area contributed by atoms with Crippen LogP contribution in [-0.4, -0.2) is 40.6 Å². The molecule has 0 spiro atoms. The van der Waals surface area contributed by atoms with Crippen LogP contribution in [0.25, 0.3) is 0 Å². The van der Waals surface area contributed by atoms with Crippen LogP contribution in [0.2, 0.25) is 5.02 Å². The number of sulfonamides is 1. The number of amides is 1. The fourth-order valence-electron chi connectivity index (χ4n) is 1.48. The van der Waals surface area contributed by atoms with Crippen LogP contribution in [0.3, 0.4) is 0 Å². The predicted octanol–water partition coefficient (Wildman–Crippen LogP) is 0.769. The molecule has 0 saturated carbocycles. The van der Waals surface area contributed by atoms with Crippen molar-refractivity contribution in [3.8, 4) is 0 Å². The van der Waals surface area contributed by atoms with Gasteiger partial charge in [0.1, 0.15) is 0 Å². The number of carbonyl (C=O) groups excluding carboxylic acids is 1. The zero-order valence-electron chi connectivity index (χ0n) is 11.2. The van der Waals surface area contributed by atoms with Gasteiger partial charge in [0.15, 0.2) is 0 Å². The highest BCUT2D eigenvalue weighted by Crippen LogP contribution is 2.13. The van der Waals surface area contributed by atoms with Crippen LogP contribution in [0.1, 0.15) is 6.92 Å². The Hall–Kier alpha value is -1.15. The van der Waals surface area contributed by atoms with Crippen molar-refractivity contribution in [3.63, 3.8) is 0 Å². The molecule has 1 aromatic rings. The third-order valence-electron chi connectivity index (χ3n) is 2.37. The summed E-state index contributed by atoms with van der Waals surface area (Å²) in [5.41, 5.74) is 0. The Bertz CT molecular complexity index is 545. The lowest BCUT2D eigenvalue weighted by molar-refractivity contribution is -0.120. The van der Waals surface area contributed by atoms with E-state index in [4.69, 9.17) is 16.3 Å². The predicted molar refractivity (Wildman–Crippen MR) is 76.1 cm³/mol. The first-order chi connectivity index (χ1) is 9.35. The van der Waals surface area contributed by atoms with Gasteiger partial charge in [-0.15, -0.1) is 0 Å². The second kappa shape index (κ2) is 7.58. The smallest absolute Gasteiger partial charge is 0.241 e. The number of hydrogen-bond acceptors (Lipinski definition) is 4. The summed E-state index contributed by atoms with van der Waals surface area (Å²) in [5, 5.41) is 3.04. The lowest BCUT2D eigenvalue weighted by Crippen LogP contribution is -2.42. The van der Waals surface area contributed by atoms with Gasteiger partial charge in [-0.2, -0.15) is 0 Å². The summed E-state index contributed by atoms with van der Waals surface area (Å²) in [5.74, 6) is -0.424. The van der Waals surface area contributed by atoms with Gasteiger partial charge in [-0.3, -0.25) is 4.79 Å². The molecule has 0 bridgehead atoms. The molecule has 0 aliphatic rings. The molecule has 2 N–H and O–H groups in total. The van der Waals surface area contributed by atoms with E-state index < -0.39 is 15.9 Å². The lowest BCUT2D eigenvalue weighted by Gasteiger charge is -2.13. The van der Waals surface area contributed by atoms with Gasteiger partial charge >= 0.3 is 0 Å². The van der Waals surface area contributed by atoms with E-state index in [1.165, 1.54) is 31.4 Å². The van der Waals surface area contributed by atoms with Crippen molar-refractivity contribution in [3.05, 3.63) is 29.3 Å². The number of methoxy groups -OCH3 is 1. The van der Waals surface area contributed by atoms with Crippen molar-refractivity contribution >= 4 is 27.5 Å². The summed E-state index contributed by atoms with van der Waals surface area (Å²) in [6.07, 6.45) is 0. The van der Waals surface area contributed by atoms with Crippen LogP contribution in [0.5, 0.6) is 0 Å². The number of benzene rings is 1. The zero-order chi connectivity index (χ0) is 15.2. The molecule has 0 radical (unpaired) electrons. The van der Waals surface area contributed by atoms with Gasteiger partial charge in [-0.1, -0.05) is 11.6 Å². The first-order valence-corrected chi connectivity index (χ1v) is 7.75. The molecule has 0 aromatic heterocycles. The maximum Gasteiger partial charge on any atom is 0.241 e. The summed E-state index contributed by atoms with van der Waals surface area (Å²) in [4.78, 5) is 11.6. The Kier molecular flexibility index (Phi) is 6.41. The lowest BCUT2D eigenvalue weighted by atomic mass is 10.3. The number of halogens is 1.